The van der Waals surface area contributed by atoms with Crippen LogP contribution in [0.5, 0.6) is 0 Å². The van der Waals surface area contributed by atoms with E-state index in [1.165, 1.54) is 0 Å². The van der Waals surface area contributed by atoms with Gasteiger partial charge in [-0.05, 0) is 24.5 Å². The van der Waals surface area contributed by atoms with Crippen molar-refractivity contribution in [2.45, 2.75) is 38.7 Å². The van der Waals surface area contributed by atoms with Crippen molar-refractivity contribution in [1.82, 2.24) is 10.6 Å². The highest BCUT2D eigenvalue weighted by atomic mass is 32.2. The molecule has 1 unspecified atom stereocenters. The van der Waals surface area contributed by atoms with Crippen LogP contribution in [0.4, 0.5) is 13.2 Å². The van der Waals surface area contributed by atoms with Gasteiger partial charge in [0.15, 0.2) is 15.8 Å². The third kappa shape index (κ3) is 8.17. The van der Waals surface area contributed by atoms with Gasteiger partial charge in [0.2, 0.25) is 0 Å². The Morgan fingerprint density at radius 3 is 2.70 bits per heavy atom. The Hall–Kier alpha value is -1.81. The van der Waals surface area contributed by atoms with Gasteiger partial charge in [0, 0.05) is 12.6 Å². The van der Waals surface area contributed by atoms with Crippen LogP contribution >= 0.6 is 0 Å². The molecule has 0 bridgehead atoms. The molecule has 1 aliphatic rings. The zero-order valence-electron chi connectivity index (χ0n) is 15.1. The monoisotopic (exact) mass is 407 g/mol. The third-order valence-electron chi connectivity index (χ3n) is 3.86. The fourth-order valence-electron chi connectivity index (χ4n) is 2.69. The van der Waals surface area contributed by atoms with Gasteiger partial charge in [-0.2, -0.15) is 13.2 Å². The highest BCUT2D eigenvalue weighted by Crippen LogP contribution is 2.16. The van der Waals surface area contributed by atoms with E-state index >= 15 is 0 Å². The predicted octanol–water partition coefficient (Wildman–Crippen LogP) is 2.01. The first-order valence-corrected chi connectivity index (χ1v) is 10.5. The topological polar surface area (TPSA) is 79.8 Å². The minimum atomic E-state index is -4.35. The average molecular weight is 407 g/mol. The fraction of sp³-hybridized carbons (Fsp3) is 0.588. The molecule has 2 rings (SSSR count). The van der Waals surface area contributed by atoms with E-state index in [1.807, 2.05) is 13.0 Å². The zero-order chi connectivity index (χ0) is 19.9. The molecule has 152 valence electrons. The van der Waals surface area contributed by atoms with Crippen molar-refractivity contribution in [3.8, 4) is 0 Å². The Kier molecular flexibility index (Phi) is 7.49. The molecule has 0 aromatic heterocycles. The molecule has 1 atom stereocenters. The van der Waals surface area contributed by atoms with Gasteiger partial charge in [0.25, 0.3) is 0 Å². The molecule has 2 N–H and O–H groups in total. The molecular formula is C17H24F3N3O3S. The summed E-state index contributed by atoms with van der Waals surface area (Å²) in [5, 5.41) is 6.19. The van der Waals surface area contributed by atoms with Crippen LogP contribution in [-0.2, 0) is 27.7 Å². The van der Waals surface area contributed by atoms with Gasteiger partial charge in [0.05, 0.1) is 24.7 Å². The number of aliphatic imine (C=N–C) groups is 1. The first-order chi connectivity index (χ1) is 12.7. The number of nitrogens with zero attached hydrogens (tertiary/aromatic N) is 1. The molecule has 27 heavy (non-hydrogen) atoms. The maximum Gasteiger partial charge on any atom is 0.411 e. The summed E-state index contributed by atoms with van der Waals surface area (Å²) < 4.78 is 64.2. The highest BCUT2D eigenvalue weighted by Gasteiger charge is 2.28. The lowest BCUT2D eigenvalue weighted by atomic mass is 10.1. The lowest BCUT2D eigenvalue weighted by Crippen LogP contribution is -2.44. The van der Waals surface area contributed by atoms with Crippen LogP contribution in [0.2, 0.25) is 0 Å². The minimum Gasteiger partial charge on any atom is -0.367 e. The Morgan fingerprint density at radius 1 is 1.33 bits per heavy atom. The molecule has 0 spiro atoms. The summed E-state index contributed by atoms with van der Waals surface area (Å²) in [5.74, 6) is 0.770. The second kappa shape index (κ2) is 9.41. The van der Waals surface area contributed by atoms with Crippen molar-refractivity contribution >= 4 is 15.8 Å². The summed E-state index contributed by atoms with van der Waals surface area (Å²) in [6.45, 7) is 1.42. The summed E-state index contributed by atoms with van der Waals surface area (Å²) in [6.07, 6.45) is -3.80. The maximum absolute atomic E-state index is 12.1. The smallest absolute Gasteiger partial charge is 0.367 e. The van der Waals surface area contributed by atoms with E-state index in [0.717, 1.165) is 5.56 Å². The van der Waals surface area contributed by atoms with Crippen molar-refractivity contribution in [2.75, 3.05) is 24.7 Å². The van der Waals surface area contributed by atoms with Crippen molar-refractivity contribution in [3.05, 3.63) is 35.4 Å². The summed E-state index contributed by atoms with van der Waals surface area (Å²) in [6, 6.07) is 6.82. The van der Waals surface area contributed by atoms with E-state index in [0.29, 0.717) is 31.0 Å². The molecule has 0 aliphatic carbocycles. The number of sulfone groups is 1. The Balaban J connectivity index is 1.93. The van der Waals surface area contributed by atoms with E-state index in [1.54, 1.807) is 18.2 Å². The van der Waals surface area contributed by atoms with Gasteiger partial charge < -0.3 is 15.4 Å². The van der Waals surface area contributed by atoms with Crippen LogP contribution in [0, 0.1) is 0 Å². The largest absolute Gasteiger partial charge is 0.411 e. The van der Waals surface area contributed by atoms with Crippen LogP contribution in [0.15, 0.2) is 29.3 Å². The third-order valence-corrected chi connectivity index (χ3v) is 5.63. The highest BCUT2D eigenvalue weighted by molar-refractivity contribution is 7.91. The van der Waals surface area contributed by atoms with Crippen molar-refractivity contribution in [1.29, 1.82) is 0 Å². The molecule has 1 fully saturated rings. The second-order valence-electron chi connectivity index (χ2n) is 6.37. The number of benzene rings is 1. The van der Waals surface area contributed by atoms with Crippen LogP contribution in [0.3, 0.4) is 0 Å². The first-order valence-electron chi connectivity index (χ1n) is 8.64. The predicted molar refractivity (Wildman–Crippen MR) is 97.2 cm³/mol. The molecule has 1 saturated heterocycles. The second-order valence-corrected chi connectivity index (χ2v) is 8.60. The number of nitrogens with one attached hydrogen (secondary N) is 2. The molecule has 10 heteroatoms. The summed E-state index contributed by atoms with van der Waals surface area (Å²) >= 11 is 0. The Labute approximate surface area is 157 Å². The van der Waals surface area contributed by atoms with Gasteiger partial charge >= 0.3 is 6.18 Å². The molecule has 6 nitrogen and oxygen atoms in total. The number of hydrogen-bond acceptors (Lipinski definition) is 4. The van der Waals surface area contributed by atoms with Gasteiger partial charge in [-0.1, -0.05) is 24.3 Å². The number of rotatable bonds is 7. The van der Waals surface area contributed by atoms with Crippen molar-refractivity contribution in [3.63, 3.8) is 0 Å². The molecule has 0 saturated carbocycles. The van der Waals surface area contributed by atoms with Gasteiger partial charge in [-0.15, -0.1) is 0 Å². The number of halogens is 3. The first kappa shape index (κ1) is 21.5. The minimum absolute atomic E-state index is 0.0867. The zero-order valence-corrected chi connectivity index (χ0v) is 15.9. The molecule has 1 aliphatic heterocycles. The van der Waals surface area contributed by atoms with Crippen LogP contribution < -0.4 is 10.6 Å². The molecule has 1 aromatic rings. The lowest BCUT2D eigenvalue weighted by Gasteiger charge is -2.16. The van der Waals surface area contributed by atoms with Crippen LogP contribution in [0.1, 0.15) is 24.5 Å². The van der Waals surface area contributed by atoms with E-state index in [9.17, 15) is 21.6 Å². The number of alkyl halides is 3. The summed E-state index contributed by atoms with van der Waals surface area (Å²) in [7, 11) is -2.99. The van der Waals surface area contributed by atoms with E-state index in [-0.39, 0.29) is 24.2 Å². The van der Waals surface area contributed by atoms with E-state index in [4.69, 9.17) is 0 Å². The van der Waals surface area contributed by atoms with Gasteiger partial charge in [-0.3, -0.25) is 0 Å². The molecule has 1 aromatic carbocycles. The van der Waals surface area contributed by atoms with Crippen molar-refractivity contribution < 1.29 is 26.3 Å². The Bertz CT molecular complexity index is 751. The van der Waals surface area contributed by atoms with Crippen molar-refractivity contribution in [2.24, 2.45) is 4.99 Å². The summed E-state index contributed by atoms with van der Waals surface area (Å²) in [5.41, 5.74) is 1.45. The van der Waals surface area contributed by atoms with Gasteiger partial charge in [-0.25, -0.2) is 13.4 Å². The van der Waals surface area contributed by atoms with E-state index in [2.05, 4.69) is 20.4 Å². The molecule has 0 radical (unpaired) electrons. The molecular weight excluding hydrogens is 383 g/mol. The normalized spacial score (nSPS) is 19.9. The maximum atomic E-state index is 12.1. The number of ether oxygens (including phenoxy) is 1. The molecule has 0 amide bonds. The standard InChI is InChI=1S/C17H24F3N3O3S/c1-2-21-16(23-15-6-7-27(24,25)11-15)22-9-13-4-3-5-14(8-13)10-26-12-17(18,19)20/h3-5,8,15H,2,6-7,9-12H2,1H3,(H2,21,22,23). The number of guanidine groups is 1. The quantitative estimate of drug-likeness (QED) is 0.534. The Morgan fingerprint density at radius 2 is 2.07 bits per heavy atom. The average Bonchev–Trinajstić information content (AvgIpc) is 2.91. The van der Waals surface area contributed by atoms with Crippen LogP contribution in [-0.4, -0.2) is 51.3 Å². The molecule has 1 heterocycles. The van der Waals surface area contributed by atoms with Gasteiger partial charge in [0.1, 0.15) is 6.61 Å². The fourth-order valence-corrected chi connectivity index (χ4v) is 4.37. The number of hydrogen-bond donors (Lipinski definition) is 2. The summed E-state index contributed by atoms with van der Waals surface area (Å²) in [4.78, 5) is 4.43. The van der Waals surface area contributed by atoms with Crippen LogP contribution in [0.25, 0.3) is 0 Å². The SMILES string of the molecule is CCNC(=NCc1cccc(COCC(F)(F)F)c1)NC1CCS(=O)(=O)C1. The lowest BCUT2D eigenvalue weighted by molar-refractivity contribution is -0.176. The van der Waals surface area contributed by atoms with E-state index < -0.39 is 22.6 Å².